The predicted molar refractivity (Wildman–Crippen MR) is 102 cm³/mol. The lowest BCUT2D eigenvalue weighted by Crippen LogP contribution is -2.33. The molecule has 22 heteroatoms. The molecule has 2 heterocycles. The van der Waals surface area contributed by atoms with Gasteiger partial charge in [-0.3, -0.25) is 18.9 Å². The Morgan fingerprint density at radius 1 is 1.25 bits per heavy atom. The van der Waals surface area contributed by atoms with Gasteiger partial charge >= 0.3 is 29.2 Å². The summed E-state index contributed by atoms with van der Waals surface area (Å²) in [5.41, 5.74) is 7.38. The summed E-state index contributed by atoms with van der Waals surface area (Å²) in [7, 11) is -16.7. The molecule has 1 saturated heterocycles. The number of hydrogen-bond donors (Lipinski definition) is 6. The Morgan fingerprint density at radius 2 is 1.88 bits per heavy atom. The van der Waals surface area contributed by atoms with Crippen LogP contribution in [-0.4, -0.2) is 47.9 Å². The van der Waals surface area contributed by atoms with Gasteiger partial charge in [-0.2, -0.15) is 8.62 Å². The predicted octanol–water partition coefficient (Wildman–Crippen LogP) is 0.317. The third kappa shape index (κ3) is 8.03. The molecule has 32 heavy (non-hydrogen) atoms. The van der Waals surface area contributed by atoms with Crippen molar-refractivity contribution in [1.29, 1.82) is 0 Å². The second-order valence-corrected chi connectivity index (χ2v) is 10.4. The number of aromatic nitrogens is 2. The van der Waals surface area contributed by atoms with Crippen LogP contribution in [0.5, 0.6) is 0 Å². The van der Waals surface area contributed by atoms with Crippen molar-refractivity contribution in [3.05, 3.63) is 43.0 Å². The van der Waals surface area contributed by atoms with Crippen LogP contribution in [0.2, 0.25) is 0 Å². The Balaban J connectivity index is 0.00000512. The molecule has 0 aliphatic carbocycles. The second-order valence-electron chi connectivity index (χ2n) is 6.00. The molecule has 1 aromatic rings. The number of azide groups is 1. The number of H-pyrrole nitrogens is 1. The normalized spacial score (nSPS) is 24.6. The maximum absolute atomic E-state index is 12.0. The minimum atomic E-state index is -5.70. The van der Waals surface area contributed by atoms with Gasteiger partial charge in [0.15, 0.2) is 0 Å². The van der Waals surface area contributed by atoms with Crippen LogP contribution in [0.4, 0.5) is 0 Å². The van der Waals surface area contributed by atoms with E-state index in [0.717, 1.165) is 4.57 Å². The van der Waals surface area contributed by atoms with Crippen LogP contribution in [0.15, 0.2) is 20.9 Å². The number of nitrogens with one attached hydrogen (secondary N) is 1. The first-order valence-electron chi connectivity index (χ1n) is 7.92. The van der Waals surface area contributed by atoms with Crippen LogP contribution in [0.25, 0.3) is 10.4 Å². The summed E-state index contributed by atoms with van der Waals surface area (Å²) in [5, 5.41) is 3.42. The van der Waals surface area contributed by atoms with E-state index in [9.17, 15) is 28.2 Å². The number of rotatable bonds is 9. The van der Waals surface area contributed by atoms with Gasteiger partial charge in [-0.1, -0.05) is 5.11 Å². The van der Waals surface area contributed by atoms with Crippen LogP contribution >= 0.6 is 23.5 Å². The number of hydrogen-bond acceptors (Lipinski definition) is 11. The summed E-state index contributed by atoms with van der Waals surface area (Å²) in [6, 6.07) is -1.04. The number of aryl methyl sites for hydroxylation is 1. The monoisotopic (exact) mass is 524 g/mol. The summed E-state index contributed by atoms with van der Waals surface area (Å²) >= 11 is 0. The van der Waals surface area contributed by atoms with Crippen LogP contribution in [-0.2, 0) is 31.6 Å². The molecule has 1 aliphatic heterocycles. The Hall–Kier alpha value is -1.68. The number of ether oxygens (including phenoxy) is 1. The highest BCUT2D eigenvalue weighted by Crippen LogP contribution is 2.66. The minimum Gasteiger partial charge on any atom is -0.352 e. The van der Waals surface area contributed by atoms with E-state index in [4.69, 9.17) is 24.9 Å². The zero-order valence-corrected chi connectivity index (χ0v) is 18.7. The number of aromatic amines is 1. The van der Waals surface area contributed by atoms with E-state index in [1.54, 1.807) is 0 Å². The quantitative estimate of drug-likeness (QED) is 0.110. The minimum absolute atomic E-state index is 0. The van der Waals surface area contributed by atoms with E-state index < -0.39 is 59.7 Å². The van der Waals surface area contributed by atoms with Crippen LogP contribution in [0.3, 0.4) is 0 Å². The largest absolute Gasteiger partial charge is 0.490 e. The average Bonchev–Trinajstić information content (AvgIpc) is 2.96. The standard InChI is InChI=1S/C10H16N5O13P3.H3N/c1-5-3-15(10(17)12-9(5)16)8-2-6(13-14-11)7(26-8)4-25-30(21,22)28-31(23,24)27-29(18,19)20;/h3,6-8H,2,4H2,1H3,(H,21,22)(H,23,24)(H,12,16,17)(H2,18,19,20);1H3. The molecule has 1 aliphatic rings. The second kappa shape index (κ2) is 10.5. The molecule has 0 saturated carbocycles. The van der Waals surface area contributed by atoms with Crippen molar-refractivity contribution in [1.82, 2.24) is 15.7 Å². The molecular weight excluding hydrogens is 505 g/mol. The average molecular weight is 524 g/mol. The molecule has 182 valence electrons. The Kier molecular flexibility index (Phi) is 9.30. The van der Waals surface area contributed by atoms with Gasteiger partial charge in [-0.05, 0) is 12.5 Å². The zero-order chi connectivity index (χ0) is 23.6. The topological polar surface area (TPSA) is 308 Å². The van der Waals surface area contributed by atoms with Gasteiger partial charge in [0, 0.05) is 23.1 Å². The third-order valence-electron chi connectivity index (χ3n) is 3.68. The summed E-state index contributed by atoms with van der Waals surface area (Å²) in [6.45, 7) is 0.544. The molecule has 0 bridgehead atoms. The Morgan fingerprint density at radius 3 is 2.44 bits per heavy atom. The van der Waals surface area contributed by atoms with E-state index in [2.05, 4.69) is 23.2 Å². The lowest BCUT2D eigenvalue weighted by atomic mass is 10.1. The fourth-order valence-corrected chi connectivity index (χ4v) is 5.52. The van der Waals surface area contributed by atoms with Gasteiger partial charge in [-0.15, -0.1) is 0 Å². The first-order valence-corrected chi connectivity index (χ1v) is 12.4. The summed E-state index contributed by atoms with van der Waals surface area (Å²) in [5.74, 6) is 0. The van der Waals surface area contributed by atoms with Gasteiger partial charge in [0.2, 0.25) is 0 Å². The summed E-state index contributed by atoms with van der Waals surface area (Å²) in [4.78, 5) is 63.7. The van der Waals surface area contributed by atoms with Crippen molar-refractivity contribution in [3.63, 3.8) is 0 Å². The highest BCUT2D eigenvalue weighted by molar-refractivity contribution is 7.66. The molecular formula is C10H19N6O13P3. The Bertz CT molecular complexity index is 1140. The first kappa shape index (κ1) is 28.4. The van der Waals surface area contributed by atoms with Crippen molar-refractivity contribution in [3.8, 4) is 0 Å². The fraction of sp³-hybridized carbons (Fsp3) is 0.600. The molecule has 19 nitrogen and oxygen atoms in total. The fourth-order valence-electron chi connectivity index (χ4n) is 2.49. The molecule has 2 rings (SSSR count). The zero-order valence-electron chi connectivity index (χ0n) is 16.0. The van der Waals surface area contributed by atoms with Gasteiger partial charge in [0.05, 0.1) is 18.8 Å². The van der Waals surface area contributed by atoms with Crippen molar-refractivity contribution in [2.75, 3.05) is 6.61 Å². The molecule has 0 amide bonds. The van der Waals surface area contributed by atoms with Crippen LogP contribution in [0.1, 0.15) is 18.2 Å². The molecule has 0 spiro atoms. The molecule has 0 aromatic carbocycles. The highest BCUT2D eigenvalue weighted by atomic mass is 31.3. The molecule has 1 aromatic heterocycles. The third-order valence-corrected chi connectivity index (χ3v) is 7.48. The van der Waals surface area contributed by atoms with Crippen LogP contribution < -0.4 is 17.4 Å². The summed E-state index contributed by atoms with van der Waals surface area (Å²) < 4.78 is 51.8. The van der Waals surface area contributed by atoms with Gasteiger partial charge in [0.1, 0.15) is 6.23 Å². The highest BCUT2D eigenvalue weighted by Gasteiger charge is 2.43. The first-order chi connectivity index (χ1) is 14.1. The van der Waals surface area contributed by atoms with Crippen molar-refractivity contribution in [2.45, 2.75) is 31.7 Å². The molecule has 1 fully saturated rings. The lowest BCUT2D eigenvalue weighted by molar-refractivity contribution is -0.0267. The number of phosphoric acid groups is 3. The van der Waals surface area contributed by atoms with Gasteiger partial charge in [0.25, 0.3) is 5.56 Å². The van der Waals surface area contributed by atoms with Crippen molar-refractivity contribution < 1.29 is 51.2 Å². The molecule has 5 unspecified atom stereocenters. The maximum Gasteiger partial charge on any atom is 0.490 e. The van der Waals surface area contributed by atoms with E-state index >= 15 is 0 Å². The summed E-state index contributed by atoms with van der Waals surface area (Å²) in [6.07, 6.45) is -1.26. The molecule has 8 N–H and O–H groups in total. The van der Waals surface area contributed by atoms with E-state index in [-0.39, 0.29) is 18.1 Å². The number of phosphoric ester groups is 1. The molecule has 0 radical (unpaired) electrons. The van der Waals surface area contributed by atoms with Gasteiger partial charge in [-0.25, -0.2) is 18.5 Å². The van der Waals surface area contributed by atoms with Crippen LogP contribution in [0, 0.1) is 6.92 Å². The van der Waals surface area contributed by atoms with E-state index in [1.165, 1.54) is 13.1 Å². The maximum atomic E-state index is 12.0. The SMILES string of the molecule is Cc1cn(C2CC(N=[N+]=[N-])C(COP(=O)(O)OP(=O)(O)OP(=O)(O)O)O2)c(=O)[nH]c1=O.N. The lowest BCUT2D eigenvalue weighted by Gasteiger charge is -2.19. The number of nitrogens with zero attached hydrogens (tertiary/aromatic N) is 4. The van der Waals surface area contributed by atoms with E-state index in [1.807, 2.05) is 4.98 Å². The van der Waals surface area contributed by atoms with Crippen molar-refractivity contribution in [2.24, 2.45) is 5.11 Å². The van der Waals surface area contributed by atoms with Gasteiger partial charge < -0.3 is 30.5 Å². The van der Waals surface area contributed by atoms with Crippen molar-refractivity contribution >= 4 is 23.5 Å². The molecule has 5 atom stereocenters. The van der Waals surface area contributed by atoms with E-state index in [0.29, 0.717) is 0 Å². The Labute approximate surface area is 177 Å². The smallest absolute Gasteiger partial charge is 0.352 e.